The lowest BCUT2D eigenvalue weighted by Crippen LogP contribution is -2.21. The van der Waals surface area contributed by atoms with E-state index in [0.29, 0.717) is 11.3 Å². The third-order valence-corrected chi connectivity index (χ3v) is 2.75. The topological polar surface area (TPSA) is 21.6 Å². The molecule has 0 aromatic rings. The van der Waals surface area contributed by atoms with Crippen LogP contribution in [-0.2, 0) is 4.74 Å². The fourth-order valence-corrected chi connectivity index (χ4v) is 1.61. The molecular weight excluding hydrogens is 186 g/mol. The van der Waals surface area contributed by atoms with Crippen molar-refractivity contribution in [3.63, 3.8) is 0 Å². The average Bonchev–Trinajstić information content (AvgIpc) is 2.13. The highest BCUT2D eigenvalue weighted by molar-refractivity contribution is 5.79. The summed E-state index contributed by atoms with van der Waals surface area (Å²) in [5, 5.41) is 0. The summed E-state index contributed by atoms with van der Waals surface area (Å²) < 4.78 is 5.30. The molecule has 2 heteroatoms. The van der Waals surface area contributed by atoms with Crippen LogP contribution in [0.4, 0.5) is 0 Å². The largest absolute Gasteiger partial charge is 0.484 e. The van der Waals surface area contributed by atoms with Gasteiger partial charge in [-0.15, -0.1) is 0 Å². The van der Waals surface area contributed by atoms with Gasteiger partial charge in [0.1, 0.15) is 0 Å². The van der Waals surface area contributed by atoms with Crippen LogP contribution in [0.2, 0.25) is 0 Å². The summed E-state index contributed by atoms with van der Waals surface area (Å²) in [7, 11) is 1.68. The zero-order valence-electron chi connectivity index (χ0n) is 11.1. The predicted molar refractivity (Wildman–Crippen MR) is 67.1 cm³/mol. The summed E-state index contributed by atoms with van der Waals surface area (Å²) in [6, 6.07) is 0. The van der Waals surface area contributed by atoms with Gasteiger partial charge in [0.05, 0.1) is 7.11 Å². The normalized spacial score (nSPS) is 14.9. The van der Waals surface area contributed by atoms with Gasteiger partial charge in [0.25, 0.3) is 0 Å². The molecule has 0 aliphatic rings. The molecule has 88 valence electrons. The SMILES string of the molecule is C=C(C)N=C(OC)C(C)CC(C)(C)CC. The molecule has 0 heterocycles. The Hall–Kier alpha value is -0.790. The van der Waals surface area contributed by atoms with Crippen molar-refractivity contribution in [3.05, 3.63) is 12.3 Å². The molecule has 0 aromatic carbocycles. The first-order valence-corrected chi connectivity index (χ1v) is 5.60. The highest BCUT2D eigenvalue weighted by atomic mass is 16.5. The molecule has 0 N–H and O–H groups in total. The third kappa shape index (κ3) is 5.60. The second-order valence-corrected chi connectivity index (χ2v) is 5.01. The van der Waals surface area contributed by atoms with Gasteiger partial charge < -0.3 is 4.74 Å². The predicted octanol–water partition coefficient (Wildman–Crippen LogP) is 4.03. The molecule has 0 spiro atoms. The summed E-state index contributed by atoms with van der Waals surface area (Å²) in [4.78, 5) is 4.31. The van der Waals surface area contributed by atoms with Crippen LogP contribution in [0.25, 0.3) is 0 Å². The summed E-state index contributed by atoms with van der Waals surface area (Å²) in [5.41, 5.74) is 1.14. The van der Waals surface area contributed by atoms with E-state index in [1.54, 1.807) is 7.11 Å². The fourth-order valence-electron chi connectivity index (χ4n) is 1.61. The zero-order chi connectivity index (χ0) is 12.1. The molecule has 2 nitrogen and oxygen atoms in total. The minimum absolute atomic E-state index is 0.341. The van der Waals surface area contributed by atoms with Crippen molar-refractivity contribution >= 4 is 5.90 Å². The quantitative estimate of drug-likeness (QED) is 0.497. The van der Waals surface area contributed by atoms with Gasteiger partial charge in [0.2, 0.25) is 0 Å². The van der Waals surface area contributed by atoms with Crippen molar-refractivity contribution in [1.82, 2.24) is 0 Å². The second kappa shape index (κ2) is 5.94. The summed E-state index contributed by atoms with van der Waals surface area (Å²) >= 11 is 0. The average molecular weight is 211 g/mol. The van der Waals surface area contributed by atoms with Gasteiger partial charge in [-0.3, -0.25) is 0 Å². The Kier molecular flexibility index (Phi) is 5.63. The van der Waals surface area contributed by atoms with E-state index in [9.17, 15) is 0 Å². The van der Waals surface area contributed by atoms with Crippen LogP contribution >= 0.6 is 0 Å². The molecule has 0 amide bonds. The van der Waals surface area contributed by atoms with E-state index >= 15 is 0 Å². The minimum Gasteiger partial charge on any atom is -0.484 e. The van der Waals surface area contributed by atoms with E-state index in [4.69, 9.17) is 4.74 Å². The van der Waals surface area contributed by atoms with E-state index in [0.717, 1.165) is 18.0 Å². The Morgan fingerprint density at radius 1 is 1.47 bits per heavy atom. The number of allylic oxidation sites excluding steroid dienone is 1. The number of hydrogen-bond acceptors (Lipinski definition) is 2. The first kappa shape index (κ1) is 14.2. The van der Waals surface area contributed by atoms with Crippen molar-refractivity contribution in [1.29, 1.82) is 0 Å². The van der Waals surface area contributed by atoms with Crippen molar-refractivity contribution < 1.29 is 4.74 Å². The highest BCUT2D eigenvalue weighted by Crippen LogP contribution is 2.29. The summed E-state index contributed by atoms with van der Waals surface area (Å²) in [5.74, 6) is 1.14. The van der Waals surface area contributed by atoms with Crippen LogP contribution < -0.4 is 0 Å². The molecule has 0 aromatic heterocycles. The van der Waals surface area contributed by atoms with Gasteiger partial charge in [0, 0.05) is 11.6 Å². The second-order valence-electron chi connectivity index (χ2n) is 5.01. The molecule has 0 radical (unpaired) electrons. The lowest BCUT2D eigenvalue weighted by Gasteiger charge is -2.26. The number of aliphatic imine (C=N–C) groups is 1. The van der Waals surface area contributed by atoms with Gasteiger partial charge in [0.15, 0.2) is 5.90 Å². The fraction of sp³-hybridized carbons (Fsp3) is 0.769. The molecule has 0 saturated heterocycles. The van der Waals surface area contributed by atoms with Crippen molar-refractivity contribution in [3.8, 4) is 0 Å². The molecule has 0 aliphatic carbocycles. The zero-order valence-corrected chi connectivity index (χ0v) is 11.1. The Morgan fingerprint density at radius 3 is 2.33 bits per heavy atom. The molecule has 1 unspecified atom stereocenters. The van der Waals surface area contributed by atoms with Crippen LogP contribution in [0.5, 0.6) is 0 Å². The van der Waals surface area contributed by atoms with Gasteiger partial charge in [-0.25, -0.2) is 4.99 Å². The van der Waals surface area contributed by atoms with E-state index in [2.05, 4.69) is 39.3 Å². The van der Waals surface area contributed by atoms with Gasteiger partial charge >= 0.3 is 0 Å². The lowest BCUT2D eigenvalue weighted by atomic mass is 9.81. The highest BCUT2D eigenvalue weighted by Gasteiger charge is 2.22. The Labute approximate surface area is 94.4 Å². The van der Waals surface area contributed by atoms with Gasteiger partial charge in [-0.2, -0.15) is 0 Å². The molecule has 15 heavy (non-hydrogen) atoms. The lowest BCUT2D eigenvalue weighted by molar-refractivity contribution is 0.271. The number of hydrogen-bond donors (Lipinski definition) is 0. The van der Waals surface area contributed by atoms with E-state index in [1.165, 1.54) is 6.42 Å². The van der Waals surface area contributed by atoms with Crippen molar-refractivity contribution in [2.75, 3.05) is 7.11 Å². The maximum atomic E-state index is 5.30. The first-order chi connectivity index (χ1) is 6.82. The summed E-state index contributed by atoms with van der Waals surface area (Å²) in [6.45, 7) is 14.6. The summed E-state index contributed by atoms with van der Waals surface area (Å²) in [6.07, 6.45) is 2.25. The van der Waals surface area contributed by atoms with Crippen molar-refractivity contribution in [2.24, 2.45) is 16.3 Å². The smallest absolute Gasteiger partial charge is 0.190 e. The monoisotopic (exact) mass is 211 g/mol. The Balaban J connectivity index is 4.54. The van der Waals surface area contributed by atoms with Gasteiger partial charge in [-0.1, -0.05) is 40.7 Å². The van der Waals surface area contributed by atoms with Gasteiger partial charge in [-0.05, 0) is 18.8 Å². The molecule has 0 bridgehead atoms. The number of nitrogens with zero attached hydrogens (tertiary/aromatic N) is 1. The number of rotatable bonds is 5. The Bertz CT molecular complexity index is 241. The third-order valence-electron chi connectivity index (χ3n) is 2.75. The number of ether oxygens (including phenoxy) is 1. The molecule has 0 aliphatic heterocycles. The van der Waals surface area contributed by atoms with Crippen LogP contribution in [0.15, 0.2) is 17.3 Å². The molecular formula is C13H25NO. The molecule has 0 rings (SSSR count). The van der Waals surface area contributed by atoms with Crippen molar-refractivity contribution in [2.45, 2.75) is 47.5 Å². The van der Waals surface area contributed by atoms with Crippen LogP contribution in [0, 0.1) is 11.3 Å². The van der Waals surface area contributed by atoms with E-state index < -0.39 is 0 Å². The number of methoxy groups -OCH3 is 1. The molecule has 0 saturated carbocycles. The molecule has 0 fully saturated rings. The van der Waals surface area contributed by atoms with Crippen LogP contribution in [0.1, 0.15) is 47.5 Å². The minimum atomic E-state index is 0.341. The van der Waals surface area contributed by atoms with E-state index in [1.807, 2.05) is 6.92 Å². The molecule has 1 atom stereocenters. The van der Waals surface area contributed by atoms with E-state index in [-0.39, 0.29) is 0 Å². The Morgan fingerprint density at radius 2 is 2.00 bits per heavy atom. The van der Waals surface area contributed by atoms with Crippen LogP contribution in [0.3, 0.4) is 0 Å². The first-order valence-electron chi connectivity index (χ1n) is 5.60. The van der Waals surface area contributed by atoms with Crippen LogP contribution in [-0.4, -0.2) is 13.0 Å². The maximum Gasteiger partial charge on any atom is 0.190 e. The standard InChI is InChI=1S/C13H25NO/c1-8-13(5,6)9-11(4)12(15-7)14-10(2)3/h11H,2,8-9H2,1,3-7H3. The maximum absolute atomic E-state index is 5.30.